The van der Waals surface area contributed by atoms with Gasteiger partial charge in [-0.15, -0.1) is 0 Å². The molecule has 2 amide bonds. The number of carbonyl (C=O) groups is 2. The van der Waals surface area contributed by atoms with Gasteiger partial charge in [0.2, 0.25) is 11.8 Å². The highest BCUT2D eigenvalue weighted by Gasteiger charge is 2.15. The van der Waals surface area contributed by atoms with Crippen molar-refractivity contribution in [2.24, 2.45) is 0 Å². The van der Waals surface area contributed by atoms with Gasteiger partial charge >= 0.3 is 0 Å². The van der Waals surface area contributed by atoms with E-state index in [4.69, 9.17) is 4.42 Å². The first-order chi connectivity index (χ1) is 14.1. The van der Waals surface area contributed by atoms with Crippen LogP contribution in [0.1, 0.15) is 24.3 Å². The lowest BCUT2D eigenvalue weighted by Crippen LogP contribution is -2.38. The third-order valence-electron chi connectivity index (χ3n) is 4.93. The minimum Gasteiger partial charge on any atom is -0.459 e. The summed E-state index contributed by atoms with van der Waals surface area (Å²) < 4.78 is 5.77. The average Bonchev–Trinajstić information content (AvgIpc) is 3.17. The van der Waals surface area contributed by atoms with E-state index < -0.39 is 0 Å². The molecule has 1 heterocycles. The van der Waals surface area contributed by atoms with Crippen molar-refractivity contribution in [1.29, 1.82) is 0 Å². The first kappa shape index (κ1) is 18.7. The molecule has 1 atom stereocenters. The van der Waals surface area contributed by atoms with Crippen molar-refractivity contribution < 1.29 is 14.0 Å². The van der Waals surface area contributed by atoms with E-state index in [0.717, 1.165) is 27.3 Å². The van der Waals surface area contributed by atoms with Crippen LogP contribution in [0.15, 0.2) is 77.2 Å². The fraction of sp³-hybridized carbons (Fsp3) is 0.167. The summed E-state index contributed by atoms with van der Waals surface area (Å²) in [5.41, 5.74) is 1.73. The molecule has 1 aromatic heterocycles. The van der Waals surface area contributed by atoms with Crippen LogP contribution >= 0.6 is 0 Å². The Morgan fingerprint density at radius 3 is 2.45 bits per heavy atom. The van der Waals surface area contributed by atoms with E-state index in [2.05, 4.69) is 10.6 Å². The summed E-state index contributed by atoms with van der Waals surface area (Å²) in [6.07, 6.45) is 0.230. The minimum atomic E-state index is -0.287. The molecule has 0 aliphatic rings. The van der Waals surface area contributed by atoms with Crippen molar-refractivity contribution in [3.05, 3.63) is 84.1 Å². The van der Waals surface area contributed by atoms with Gasteiger partial charge in [-0.2, -0.15) is 0 Å². The van der Waals surface area contributed by atoms with Crippen LogP contribution in [-0.2, 0) is 16.0 Å². The smallest absolute Gasteiger partial charge is 0.239 e. The summed E-state index contributed by atoms with van der Waals surface area (Å²) in [7, 11) is 0. The Bertz CT molecular complexity index is 1140. The molecule has 4 rings (SSSR count). The van der Waals surface area contributed by atoms with Crippen LogP contribution in [0.5, 0.6) is 0 Å². The third-order valence-corrected chi connectivity index (χ3v) is 4.93. The highest BCUT2D eigenvalue weighted by atomic mass is 16.3. The summed E-state index contributed by atoms with van der Waals surface area (Å²) >= 11 is 0. The van der Waals surface area contributed by atoms with Gasteiger partial charge in [-0.3, -0.25) is 9.59 Å². The summed E-state index contributed by atoms with van der Waals surface area (Å²) in [5, 5.41) is 8.69. The molecular weight excluding hydrogens is 364 g/mol. The number of rotatable bonds is 6. The Morgan fingerprint density at radius 2 is 1.62 bits per heavy atom. The second-order valence-electron chi connectivity index (χ2n) is 7.07. The number of fused-ring (bicyclic) bond motifs is 2. The number of nitrogens with one attached hydrogen (secondary N) is 2. The Balaban J connectivity index is 1.32. The summed E-state index contributed by atoms with van der Waals surface area (Å²) in [5.74, 6) is 0.235. The zero-order chi connectivity index (χ0) is 20.2. The third kappa shape index (κ3) is 4.29. The van der Waals surface area contributed by atoms with Gasteiger partial charge in [-0.05, 0) is 35.4 Å². The van der Waals surface area contributed by atoms with E-state index in [-0.39, 0.29) is 30.8 Å². The first-order valence-electron chi connectivity index (χ1n) is 9.61. The number of para-hydroxylation sites is 1. The molecular formula is C24H22N2O3. The van der Waals surface area contributed by atoms with E-state index in [0.29, 0.717) is 5.76 Å². The van der Waals surface area contributed by atoms with E-state index in [1.807, 2.05) is 79.7 Å². The maximum absolute atomic E-state index is 12.3. The van der Waals surface area contributed by atoms with Crippen molar-refractivity contribution in [2.45, 2.75) is 19.4 Å². The molecule has 3 aromatic carbocycles. The molecule has 0 aliphatic heterocycles. The van der Waals surface area contributed by atoms with Crippen molar-refractivity contribution in [1.82, 2.24) is 10.6 Å². The zero-order valence-electron chi connectivity index (χ0n) is 16.1. The number of carbonyl (C=O) groups excluding carboxylic acids is 2. The van der Waals surface area contributed by atoms with E-state index in [1.165, 1.54) is 0 Å². The predicted molar refractivity (Wildman–Crippen MR) is 113 cm³/mol. The monoisotopic (exact) mass is 386 g/mol. The van der Waals surface area contributed by atoms with Gasteiger partial charge in [0, 0.05) is 5.39 Å². The van der Waals surface area contributed by atoms with Gasteiger partial charge in [-0.25, -0.2) is 0 Å². The Labute approximate surface area is 168 Å². The fourth-order valence-electron chi connectivity index (χ4n) is 3.44. The van der Waals surface area contributed by atoms with Crippen LogP contribution in [0.25, 0.3) is 21.7 Å². The summed E-state index contributed by atoms with van der Waals surface area (Å²) in [6, 6.07) is 23.2. The SMILES string of the molecule is C[C@@H](NC(=O)CNC(=O)Cc1cccc2ccccc12)c1cc2ccccc2o1. The lowest BCUT2D eigenvalue weighted by atomic mass is 10.0. The molecule has 0 radical (unpaired) electrons. The van der Waals surface area contributed by atoms with Crippen molar-refractivity contribution in [3.8, 4) is 0 Å². The van der Waals surface area contributed by atoms with Gasteiger partial charge in [0.15, 0.2) is 0 Å². The number of furan rings is 1. The number of hydrogen-bond acceptors (Lipinski definition) is 3. The standard InChI is InChI=1S/C24H22N2O3/c1-16(22-13-19-8-3-5-12-21(19)29-22)26-24(28)15-25-23(27)14-18-10-6-9-17-7-2-4-11-20(17)18/h2-13,16H,14-15H2,1H3,(H,25,27)(H,26,28)/t16-/m1/s1. The van der Waals surface area contributed by atoms with Crippen molar-refractivity contribution in [2.75, 3.05) is 6.54 Å². The molecule has 2 N–H and O–H groups in total. The zero-order valence-corrected chi connectivity index (χ0v) is 16.1. The van der Waals surface area contributed by atoms with E-state index in [1.54, 1.807) is 0 Å². The van der Waals surface area contributed by atoms with E-state index >= 15 is 0 Å². The maximum atomic E-state index is 12.3. The van der Waals surface area contributed by atoms with Gasteiger partial charge in [0.25, 0.3) is 0 Å². The predicted octanol–water partition coefficient (Wildman–Crippen LogP) is 4.12. The molecule has 4 aromatic rings. The molecule has 29 heavy (non-hydrogen) atoms. The molecule has 5 heteroatoms. The summed E-state index contributed by atoms with van der Waals surface area (Å²) in [4.78, 5) is 24.6. The van der Waals surface area contributed by atoms with Gasteiger partial charge in [-0.1, -0.05) is 60.7 Å². The Hall–Kier alpha value is -3.60. The number of amides is 2. The largest absolute Gasteiger partial charge is 0.459 e. The second-order valence-corrected chi connectivity index (χ2v) is 7.07. The van der Waals surface area contributed by atoms with Crippen LogP contribution < -0.4 is 10.6 Å². The maximum Gasteiger partial charge on any atom is 0.239 e. The Morgan fingerprint density at radius 1 is 0.897 bits per heavy atom. The van der Waals surface area contributed by atoms with Gasteiger partial charge in [0.1, 0.15) is 11.3 Å². The van der Waals surface area contributed by atoms with Crippen molar-refractivity contribution >= 4 is 33.6 Å². The fourth-order valence-corrected chi connectivity index (χ4v) is 3.44. The minimum absolute atomic E-state index is 0.0752. The van der Waals surface area contributed by atoms with Crippen LogP contribution in [0.3, 0.4) is 0 Å². The molecule has 0 aliphatic carbocycles. The second kappa shape index (κ2) is 8.19. The first-order valence-corrected chi connectivity index (χ1v) is 9.61. The number of hydrogen-bond donors (Lipinski definition) is 2. The topological polar surface area (TPSA) is 71.3 Å². The van der Waals surface area contributed by atoms with Crippen molar-refractivity contribution in [3.63, 3.8) is 0 Å². The lowest BCUT2D eigenvalue weighted by molar-refractivity contribution is -0.126. The molecule has 5 nitrogen and oxygen atoms in total. The molecule has 0 saturated carbocycles. The quantitative estimate of drug-likeness (QED) is 0.524. The van der Waals surface area contributed by atoms with Crippen LogP contribution in [0, 0.1) is 0 Å². The average molecular weight is 386 g/mol. The lowest BCUT2D eigenvalue weighted by Gasteiger charge is -2.12. The molecule has 0 unspecified atom stereocenters. The van der Waals surface area contributed by atoms with Gasteiger partial charge in [0.05, 0.1) is 19.0 Å². The molecule has 0 saturated heterocycles. The van der Waals surface area contributed by atoms with Gasteiger partial charge < -0.3 is 15.1 Å². The van der Waals surface area contributed by atoms with Crippen LogP contribution in [-0.4, -0.2) is 18.4 Å². The van der Waals surface area contributed by atoms with Crippen LogP contribution in [0.2, 0.25) is 0 Å². The molecule has 0 fully saturated rings. The molecule has 146 valence electrons. The molecule has 0 spiro atoms. The van der Waals surface area contributed by atoms with Crippen LogP contribution in [0.4, 0.5) is 0 Å². The normalized spacial score (nSPS) is 12.0. The highest BCUT2D eigenvalue weighted by molar-refractivity contribution is 5.91. The molecule has 0 bridgehead atoms. The Kier molecular flexibility index (Phi) is 5.29. The number of benzene rings is 3. The highest BCUT2D eigenvalue weighted by Crippen LogP contribution is 2.23. The van der Waals surface area contributed by atoms with E-state index in [9.17, 15) is 9.59 Å². The summed E-state index contributed by atoms with van der Waals surface area (Å²) in [6.45, 7) is 1.78.